The van der Waals surface area contributed by atoms with E-state index in [1.807, 2.05) is 19.9 Å². The molecule has 0 spiro atoms. The summed E-state index contributed by atoms with van der Waals surface area (Å²) in [5.41, 5.74) is 3.25. The fourth-order valence-electron chi connectivity index (χ4n) is 4.80. The maximum absolute atomic E-state index is 14.8. The van der Waals surface area contributed by atoms with E-state index in [1.165, 1.54) is 29.5 Å². The molecule has 10 heteroatoms. The Balaban J connectivity index is 1.47. The van der Waals surface area contributed by atoms with Crippen molar-refractivity contribution in [1.29, 1.82) is 0 Å². The van der Waals surface area contributed by atoms with Gasteiger partial charge in [-0.25, -0.2) is 14.4 Å². The Hall–Kier alpha value is -3.66. The summed E-state index contributed by atoms with van der Waals surface area (Å²) in [7, 11) is 0. The molecular formula is C28H33F2N7O. The van der Waals surface area contributed by atoms with E-state index in [4.69, 9.17) is 0 Å². The number of anilines is 4. The van der Waals surface area contributed by atoms with Crippen LogP contribution in [0.1, 0.15) is 67.7 Å². The maximum Gasteiger partial charge on any atom is 0.256 e. The van der Waals surface area contributed by atoms with Crippen LogP contribution < -0.4 is 21.3 Å². The van der Waals surface area contributed by atoms with Gasteiger partial charge in [0.05, 0.1) is 5.69 Å². The van der Waals surface area contributed by atoms with E-state index in [0.29, 0.717) is 18.5 Å². The van der Waals surface area contributed by atoms with Crippen molar-refractivity contribution < 1.29 is 13.6 Å². The van der Waals surface area contributed by atoms with Crippen LogP contribution in [0.3, 0.4) is 0 Å². The van der Waals surface area contributed by atoms with Crippen LogP contribution in [0, 0.1) is 5.82 Å². The highest BCUT2D eigenvalue weighted by Gasteiger charge is 2.46. The van der Waals surface area contributed by atoms with Gasteiger partial charge in [-0.3, -0.25) is 9.18 Å². The second kappa shape index (κ2) is 9.90. The van der Waals surface area contributed by atoms with Gasteiger partial charge in [-0.1, -0.05) is 19.9 Å². The number of hydrogen-bond donors (Lipinski definition) is 4. The largest absolute Gasteiger partial charge is 0.350 e. The van der Waals surface area contributed by atoms with Crippen molar-refractivity contribution in [2.75, 3.05) is 23.9 Å². The standard InChI is InChI=1S/C28H33F2N7O/c1-16(2)33-25(38)19-13-32-26(34-18-5-6-20-17(11-18)12-31-15-27(20,3)4)37-23(19)36-24-21(30)7-8-22(35-24)28(14-29)9-10-28/h5-8,11,13,16,31H,9-10,12,14-15H2,1-4H3,(H,33,38)(H2,32,34,35,36,37). The van der Waals surface area contributed by atoms with Crippen LogP contribution in [0.4, 0.5) is 32.1 Å². The van der Waals surface area contributed by atoms with Gasteiger partial charge in [-0.05, 0) is 62.1 Å². The highest BCUT2D eigenvalue weighted by Crippen LogP contribution is 2.48. The summed E-state index contributed by atoms with van der Waals surface area (Å²) in [6, 6.07) is 8.77. The van der Waals surface area contributed by atoms with Crippen molar-refractivity contribution in [2.45, 2.75) is 64.0 Å². The second-order valence-corrected chi connectivity index (χ2v) is 11.1. The van der Waals surface area contributed by atoms with E-state index in [0.717, 1.165) is 18.8 Å². The average Bonchev–Trinajstić information content (AvgIpc) is 3.66. The zero-order chi connectivity index (χ0) is 27.1. The predicted octanol–water partition coefficient (Wildman–Crippen LogP) is 5.02. The summed E-state index contributed by atoms with van der Waals surface area (Å²) in [6.45, 7) is 9.19. The third-order valence-electron chi connectivity index (χ3n) is 7.16. The number of benzene rings is 1. The first kappa shape index (κ1) is 26.0. The number of carbonyl (C=O) groups is 1. The van der Waals surface area contributed by atoms with Crippen molar-refractivity contribution >= 4 is 29.2 Å². The molecule has 1 saturated carbocycles. The first-order chi connectivity index (χ1) is 18.1. The second-order valence-electron chi connectivity index (χ2n) is 11.1. The molecular weight excluding hydrogens is 488 g/mol. The molecule has 0 unspecified atom stereocenters. The molecule has 1 amide bonds. The minimum absolute atomic E-state index is 0.0257. The van der Waals surface area contributed by atoms with Crippen molar-refractivity contribution in [3.05, 3.63) is 64.7 Å². The van der Waals surface area contributed by atoms with Gasteiger partial charge in [0.2, 0.25) is 5.95 Å². The van der Waals surface area contributed by atoms with Crippen LogP contribution in [0.2, 0.25) is 0 Å². The van der Waals surface area contributed by atoms with Gasteiger partial charge in [-0.2, -0.15) is 4.98 Å². The van der Waals surface area contributed by atoms with E-state index >= 15 is 0 Å². The summed E-state index contributed by atoms with van der Waals surface area (Å²) < 4.78 is 28.4. The predicted molar refractivity (Wildman–Crippen MR) is 143 cm³/mol. The number of amides is 1. The number of halogens is 2. The number of nitrogens with one attached hydrogen (secondary N) is 4. The topological polar surface area (TPSA) is 104 Å². The smallest absolute Gasteiger partial charge is 0.256 e. The van der Waals surface area contributed by atoms with E-state index in [9.17, 15) is 13.6 Å². The van der Waals surface area contributed by atoms with Crippen LogP contribution in [0.15, 0.2) is 36.5 Å². The van der Waals surface area contributed by atoms with Gasteiger partial charge < -0.3 is 21.3 Å². The zero-order valence-corrected chi connectivity index (χ0v) is 22.1. The van der Waals surface area contributed by atoms with Crippen molar-refractivity contribution in [2.24, 2.45) is 0 Å². The third kappa shape index (κ3) is 5.18. The van der Waals surface area contributed by atoms with Crippen LogP contribution in [0.5, 0.6) is 0 Å². The first-order valence-corrected chi connectivity index (χ1v) is 12.9. The molecule has 1 aliphatic carbocycles. The Morgan fingerprint density at radius 1 is 1.11 bits per heavy atom. The Kier molecular flexibility index (Phi) is 6.77. The molecule has 0 bridgehead atoms. The summed E-state index contributed by atoms with van der Waals surface area (Å²) >= 11 is 0. The lowest BCUT2D eigenvalue weighted by atomic mass is 9.79. The molecule has 3 aromatic rings. The molecule has 2 aromatic heterocycles. The normalized spacial score (nSPS) is 17.0. The van der Waals surface area contributed by atoms with E-state index in [-0.39, 0.29) is 34.6 Å². The molecule has 8 nitrogen and oxygen atoms in total. The highest BCUT2D eigenvalue weighted by atomic mass is 19.1. The molecule has 4 N–H and O–H groups in total. The monoisotopic (exact) mass is 521 g/mol. The van der Waals surface area contributed by atoms with Gasteiger partial charge in [0.1, 0.15) is 18.1 Å². The Labute approximate surface area is 221 Å². The summed E-state index contributed by atoms with van der Waals surface area (Å²) in [6.07, 6.45) is 2.72. The van der Waals surface area contributed by atoms with Gasteiger partial charge in [0.25, 0.3) is 5.91 Å². The molecule has 1 aromatic carbocycles. The molecule has 1 aliphatic heterocycles. The van der Waals surface area contributed by atoms with Crippen LogP contribution >= 0.6 is 0 Å². The minimum atomic E-state index is -0.657. The van der Waals surface area contributed by atoms with Gasteiger partial charge in [-0.15, -0.1) is 0 Å². The fourth-order valence-corrected chi connectivity index (χ4v) is 4.80. The SMILES string of the molecule is CC(C)NC(=O)c1cnc(Nc2ccc3c(c2)CNCC3(C)C)nc1Nc1nc(C2(CF)CC2)ccc1F. The Bertz CT molecular complexity index is 1370. The molecule has 1 fully saturated rings. The quantitative estimate of drug-likeness (QED) is 0.330. The lowest BCUT2D eigenvalue weighted by molar-refractivity contribution is 0.0943. The maximum atomic E-state index is 14.8. The Morgan fingerprint density at radius 3 is 2.61 bits per heavy atom. The summed E-state index contributed by atoms with van der Waals surface area (Å²) in [4.78, 5) is 26.1. The number of pyridine rings is 1. The Morgan fingerprint density at radius 2 is 1.89 bits per heavy atom. The number of rotatable bonds is 8. The molecule has 0 radical (unpaired) electrons. The fraction of sp³-hybridized carbons (Fsp3) is 0.429. The number of carbonyl (C=O) groups excluding carboxylic acids is 1. The zero-order valence-electron chi connectivity index (χ0n) is 22.1. The van der Waals surface area contributed by atoms with Crippen molar-refractivity contribution in [3.8, 4) is 0 Å². The van der Waals surface area contributed by atoms with E-state index < -0.39 is 23.8 Å². The minimum Gasteiger partial charge on any atom is -0.350 e. The average molecular weight is 522 g/mol. The van der Waals surface area contributed by atoms with Crippen LogP contribution in [0.25, 0.3) is 0 Å². The number of aromatic nitrogens is 3. The summed E-state index contributed by atoms with van der Waals surface area (Å²) in [5, 5.41) is 12.3. The highest BCUT2D eigenvalue weighted by molar-refractivity contribution is 5.99. The molecule has 0 saturated heterocycles. The van der Waals surface area contributed by atoms with Gasteiger partial charge in [0, 0.05) is 41.8 Å². The molecule has 38 heavy (non-hydrogen) atoms. The van der Waals surface area contributed by atoms with Gasteiger partial charge >= 0.3 is 0 Å². The molecule has 5 rings (SSSR count). The third-order valence-corrected chi connectivity index (χ3v) is 7.16. The molecule has 2 aliphatic rings. The van der Waals surface area contributed by atoms with Crippen molar-refractivity contribution in [3.63, 3.8) is 0 Å². The number of alkyl halides is 1. The van der Waals surface area contributed by atoms with Crippen LogP contribution in [-0.2, 0) is 17.4 Å². The first-order valence-electron chi connectivity index (χ1n) is 12.9. The number of nitrogens with zero attached hydrogens (tertiary/aromatic N) is 3. The molecule has 3 heterocycles. The van der Waals surface area contributed by atoms with E-state index in [2.05, 4.69) is 62.2 Å². The van der Waals surface area contributed by atoms with E-state index in [1.54, 1.807) is 0 Å². The molecule has 0 atom stereocenters. The summed E-state index contributed by atoms with van der Waals surface area (Å²) in [5.74, 6) is -0.829. The lowest BCUT2D eigenvalue weighted by Crippen LogP contribution is -2.38. The lowest BCUT2D eigenvalue weighted by Gasteiger charge is -2.33. The van der Waals surface area contributed by atoms with Gasteiger partial charge in [0.15, 0.2) is 11.6 Å². The number of fused-ring (bicyclic) bond motifs is 1. The molecule has 200 valence electrons. The van der Waals surface area contributed by atoms with Crippen molar-refractivity contribution in [1.82, 2.24) is 25.6 Å². The van der Waals surface area contributed by atoms with Crippen LogP contribution in [-0.4, -0.2) is 40.1 Å². The number of hydrogen-bond acceptors (Lipinski definition) is 7.